The average Bonchev–Trinajstić information content (AvgIpc) is 2.56. The Labute approximate surface area is 151 Å². The van der Waals surface area contributed by atoms with E-state index in [9.17, 15) is 8.42 Å². The molecule has 3 rings (SSSR count). The Morgan fingerprint density at radius 3 is 2.42 bits per heavy atom. The summed E-state index contributed by atoms with van der Waals surface area (Å²) in [4.78, 5) is 5.03. The van der Waals surface area contributed by atoms with Crippen molar-refractivity contribution in [3.8, 4) is 0 Å². The maximum absolute atomic E-state index is 12.5. The van der Waals surface area contributed by atoms with E-state index < -0.39 is 10.0 Å². The van der Waals surface area contributed by atoms with E-state index in [1.807, 2.05) is 12.1 Å². The fourth-order valence-electron chi connectivity index (χ4n) is 3.37. The lowest BCUT2D eigenvalue weighted by Crippen LogP contribution is -2.46. The Morgan fingerprint density at radius 2 is 1.71 bits per heavy atom. The molecule has 0 aromatic heterocycles. The summed E-state index contributed by atoms with van der Waals surface area (Å²) >= 11 is 0. The summed E-state index contributed by atoms with van der Waals surface area (Å²) < 4.78 is 27.7. The molecular weight excluding hydrogens is 346 g/mol. The number of benzene rings is 1. The van der Waals surface area contributed by atoms with Crippen molar-refractivity contribution in [1.82, 2.24) is 14.5 Å². The lowest BCUT2D eigenvalue weighted by molar-refractivity contribution is 0.156. The van der Waals surface area contributed by atoms with Crippen LogP contribution in [0.4, 0.5) is 0 Å². The van der Waals surface area contributed by atoms with Gasteiger partial charge >= 0.3 is 0 Å². The van der Waals surface area contributed by atoms with Crippen molar-refractivity contribution >= 4 is 22.4 Å². The number of fused-ring (bicyclic) bond motifs is 1. The van der Waals surface area contributed by atoms with E-state index in [4.69, 9.17) is 0 Å². The van der Waals surface area contributed by atoms with Crippen molar-refractivity contribution < 1.29 is 8.42 Å². The summed E-state index contributed by atoms with van der Waals surface area (Å²) in [5.41, 5.74) is 2.52. The van der Waals surface area contributed by atoms with Gasteiger partial charge in [0, 0.05) is 39.3 Å². The van der Waals surface area contributed by atoms with Crippen molar-refractivity contribution in [3.05, 3.63) is 29.3 Å². The third kappa shape index (κ3) is 4.92. The van der Waals surface area contributed by atoms with Gasteiger partial charge < -0.3 is 4.90 Å². The summed E-state index contributed by atoms with van der Waals surface area (Å²) in [6.07, 6.45) is 4.45. The van der Waals surface area contributed by atoms with Gasteiger partial charge in [-0.2, -0.15) is 0 Å². The topological polar surface area (TPSA) is 52.6 Å². The number of sulfonamides is 1. The quantitative estimate of drug-likeness (QED) is 0.850. The number of likely N-dealkylation sites (N-methyl/N-ethyl adjacent to an activating group) is 1. The van der Waals surface area contributed by atoms with Crippen LogP contribution in [-0.4, -0.2) is 64.5 Å². The summed E-state index contributed by atoms with van der Waals surface area (Å²) in [7, 11) is -1.27. The van der Waals surface area contributed by atoms with Crippen LogP contribution in [0, 0.1) is 0 Å². The van der Waals surface area contributed by atoms with Crippen LogP contribution in [0.1, 0.15) is 24.0 Å². The van der Waals surface area contributed by atoms with Crippen LogP contribution in [-0.2, 0) is 22.9 Å². The van der Waals surface area contributed by atoms with Crippen LogP contribution < -0.4 is 4.72 Å². The van der Waals surface area contributed by atoms with E-state index in [0.717, 1.165) is 52.0 Å². The largest absolute Gasteiger partial charge is 0.304 e. The monoisotopic (exact) mass is 373 g/mol. The molecule has 1 N–H and O–H groups in total. The maximum atomic E-state index is 12.5. The Hall–Kier alpha value is -0.660. The molecular formula is C17H28ClN3O2S. The van der Waals surface area contributed by atoms with Crippen molar-refractivity contribution in [2.45, 2.75) is 30.6 Å². The number of rotatable bonds is 5. The van der Waals surface area contributed by atoms with Crippen molar-refractivity contribution in [2.24, 2.45) is 0 Å². The predicted molar refractivity (Wildman–Crippen MR) is 99.5 cm³/mol. The van der Waals surface area contributed by atoms with Crippen LogP contribution in [0.15, 0.2) is 23.1 Å². The standard InChI is InChI=1S/C17H27N3O2S.ClH/c1-19-10-12-20(13-11-19)9-8-18-23(21,22)17-7-6-15-4-2-3-5-16(15)14-17;/h6-7,14,18H,2-5,8-13H2,1H3;1H. The first-order chi connectivity index (χ1) is 11.0. The Bertz CT molecular complexity index is 643. The summed E-state index contributed by atoms with van der Waals surface area (Å²) in [5.74, 6) is 0. The SMILES string of the molecule is CN1CCN(CCNS(=O)(=O)c2ccc3c(c2)CCCC3)CC1.Cl. The summed E-state index contributed by atoms with van der Waals surface area (Å²) in [5, 5.41) is 0. The lowest BCUT2D eigenvalue weighted by Gasteiger charge is -2.32. The fraction of sp³-hybridized carbons (Fsp3) is 0.647. The molecule has 0 radical (unpaired) electrons. The molecule has 1 aromatic carbocycles. The van der Waals surface area contributed by atoms with E-state index in [1.165, 1.54) is 17.5 Å². The minimum absolute atomic E-state index is 0. The highest BCUT2D eigenvalue weighted by molar-refractivity contribution is 7.89. The van der Waals surface area contributed by atoms with Crippen molar-refractivity contribution in [1.29, 1.82) is 0 Å². The molecule has 0 spiro atoms. The number of piperazine rings is 1. The molecule has 136 valence electrons. The van der Waals surface area contributed by atoms with Gasteiger partial charge in [0.05, 0.1) is 4.90 Å². The van der Waals surface area contributed by atoms with E-state index in [-0.39, 0.29) is 12.4 Å². The Kier molecular flexibility index (Phi) is 7.07. The third-order valence-electron chi connectivity index (χ3n) is 4.95. The molecule has 0 amide bonds. The number of nitrogens with zero attached hydrogens (tertiary/aromatic N) is 2. The van der Waals surface area contributed by atoms with E-state index in [2.05, 4.69) is 21.6 Å². The van der Waals surface area contributed by atoms with E-state index in [0.29, 0.717) is 11.4 Å². The van der Waals surface area contributed by atoms with Crippen LogP contribution in [0.2, 0.25) is 0 Å². The minimum atomic E-state index is -3.39. The molecule has 0 saturated carbocycles. The Morgan fingerprint density at radius 1 is 1.04 bits per heavy atom. The lowest BCUT2D eigenvalue weighted by atomic mass is 9.92. The van der Waals surface area contributed by atoms with Crippen LogP contribution in [0.5, 0.6) is 0 Å². The van der Waals surface area contributed by atoms with Gasteiger partial charge in [0.15, 0.2) is 0 Å². The highest BCUT2D eigenvalue weighted by Gasteiger charge is 2.18. The average molecular weight is 374 g/mol. The second-order valence-electron chi connectivity index (χ2n) is 6.68. The molecule has 5 nitrogen and oxygen atoms in total. The normalized spacial score (nSPS) is 19.5. The van der Waals surface area contributed by atoms with Crippen molar-refractivity contribution in [3.63, 3.8) is 0 Å². The van der Waals surface area contributed by atoms with E-state index >= 15 is 0 Å². The van der Waals surface area contributed by atoms with Gasteiger partial charge in [-0.3, -0.25) is 4.90 Å². The van der Waals surface area contributed by atoms with Gasteiger partial charge in [0.1, 0.15) is 0 Å². The molecule has 1 fully saturated rings. The number of aryl methyl sites for hydroxylation is 2. The zero-order valence-electron chi connectivity index (χ0n) is 14.3. The molecule has 1 saturated heterocycles. The zero-order valence-corrected chi connectivity index (χ0v) is 16.0. The molecule has 1 heterocycles. The van der Waals surface area contributed by atoms with Gasteiger partial charge in [-0.1, -0.05) is 6.07 Å². The molecule has 0 atom stereocenters. The van der Waals surface area contributed by atoms with Gasteiger partial charge in [0.25, 0.3) is 0 Å². The summed E-state index contributed by atoms with van der Waals surface area (Å²) in [6, 6.07) is 5.61. The molecule has 2 aliphatic rings. The number of hydrogen-bond donors (Lipinski definition) is 1. The second-order valence-corrected chi connectivity index (χ2v) is 8.45. The number of halogens is 1. The minimum Gasteiger partial charge on any atom is -0.304 e. The smallest absolute Gasteiger partial charge is 0.240 e. The predicted octanol–water partition coefficient (Wildman–Crippen LogP) is 1.51. The first-order valence-corrected chi connectivity index (χ1v) is 10.1. The highest BCUT2D eigenvalue weighted by atomic mass is 35.5. The Balaban J connectivity index is 0.00000208. The molecule has 0 bridgehead atoms. The summed E-state index contributed by atoms with van der Waals surface area (Å²) in [6.45, 7) is 5.38. The maximum Gasteiger partial charge on any atom is 0.240 e. The van der Waals surface area contributed by atoms with Gasteiger partial charge in [-0.15, -0.1) is 12.4 Å². The number of hydrogen-bond acceptors (Lipinski definition) is 4. The third-order valence-corrected chi connectivity index (χ3v) is 6.40. The molecule has 1 aliphatic heterocycles. The van der Waals surface area contributed by atoms with Crippen LogP contribution in [0.3, 0.4) is 0 Å². The molecule has 7 heteroatoms. The van der Waals surface area contributed by atoms with Gasteiger partial charge in [0.2, 0.25) is 10.0 Å². The fourth-order valence-corrected chi connectivity index (χ4v) is 4.44. The van der Waals surface area contributed by atoms with Gasteiger partial charge in [-0.05, 0) is 56.0 Å². The molecule has 24 heavy (non-hydrogen) atoms. The van der Waals surface area contributed by atoms with Crippen LogP contribution >= 0.6 is 12.4 Å². The first kappa shape index (κ1) is 19.7. The van der Waals surface area contributed by atoms with Crippen LogP contribution in [0.25, 0.3) is 0 Å². The first-order valence-electron chi connectivity index (χ1n) is 8.57. The van der Waals surface area contributed by atoms with E-state index in [1.54, 1.807) is 6.07 Å². The molecule has 1 aromatic rings. The highest BCUT2D eigenvalue weighted by Crippen LogP contribution is 2.23. The van der Waals surface area contributed by atoms with Crippen molar-refractivity contribution in [2.75, 3.05) is 46.3 Å². The zero-order chi connectivity index (χ0) is 16.3. The van der Waals surface area contributed by atoms with Gasteiger partial charge in [-0.25, -0.2) is 13.1 Å². The second kappa shape index (κ2) is 8.63. The molecule has 1 aliphatic carbocycles. The molecule has 0 unspecified atom stereocenters. The number of nitrogens with one attached hydrogen (secondary N) is 1.